The van der Waals surface area contributed by atoms with Gasteiger partial charge in [-0.1, -0.05) is 29.8 Å². The molecule has 0 aliphatic carbocycles. The normalized spacial score (nSPS) is 10.8. The van der Waals surface area contributed by atoms with Crippen LogP contribution in [0.15, 0.2) is 65.3 Å². The van der Waals surface area contributed by atoms with Crippen molar-refractivity contribution in [2.75, 3.05) is 5.32 Å². The van der Waals surface area contributed by atoms with Crippen LogP contribution >= 0.6 is 11.6 Å². The van der Waals surface area contributed by atoms with Crippen LogP contribution in [0, 0.1) is 20.8 Å². The van der Waals surface area contributed by atoms with Gasteiger partial charge >= 0.3 is 0 Å². The van der Waals surface area contributed by atoms with Crippen molar-refractivity contribution in [1.82, 2.24) is 15.1 Å². The first kappa shape index (κ1) is 23.3. The highest BCUT2D eigenvalue weighted by atomic mass is 35.5. The molecular weight excluding hydrogens is 452 g/mol. The standard InChI is InChI=1S/C26H25ClN4O3/c1-16-9-10-21(13-23(16)27)31-18(3)22(17(2)30-31)14-25(32)28-15-19-6-4-7-20(12-19)29-26(33)24-8-5-11-34-24/h4-13H,14-15H2,1-3H3,(H,28,32)(H,29,33). The highest BCUT2D eigenvalue weighted by molar-refractivity contribution is 6.31. The minimum absolute atomic E-state index is 0.113. The Labute approximate surface area is 202 Å². The maximum absolute atomic E-state index is 12.7. The van der Waals surface area contributed by atoms with Gasteiger partial charge in [-0.15, -0.1) is 0 Å². The van der Waals surface area contributed by atoms with Crippen LogP contribution in [0.4, 0.5) is 5.69 Å². The topological polar surface area (TPSA) is 89.2 Å². The van der Waals surface area contributed by atoms with Crippen molar-refractivity contribution < 1.29 is 14.0 Å². The maximum atomic E-state index is 12.7. The zero-order valence-electron chi connectivity index (χ0n) is 19.2. The number of aromatic nitrogens is 2. The van der Waals surface area contributed by atoms with Crippen LogP contribution in [0.3, 0.4) is 0 Å². The summed E-state index contributed by atoms with van der Waals surface area (Å²) in [5.74, 6) is -0.209. The van der Waals surface area contributed by atoms with Gasteiger partial charge in [0.15, 0.2) is 5.76 Å². The van der Waals surface area contributed by atoms with E-state index >= 15 is 0 Å². The van der Waals surface area contributed by atoms with E-state index in [-0.39, 0.29) is 24.0 Å². The van der Waals surface area contributed by atoms with Crippen LogP contribution in [0.1, 0.15) is 38.6 Å². The van der Waals surface area contributed by atoms with Crippen molar-refractivity contribution in [3.63, 3.8) is 0 Å². The number of benzene rings is 2. The minimum atomic E-state index is -0.330. The van der Waals surface area contributed by atoms with E-state index in [4.69, 9.17) is 16.0 Å². The van der Waals surface area contributed by atoms with E-state index in [9.17, 15) is 9.59 Å². The molecule has 0 bridgehead atoms. The molecule has 2 aromatic carbocycles. The fourth-order valence-corrected chi connectivity index (χ4v) is 3.85. The van der Waals surface area contributed by atoms with E-state index in [1.807, 2.05) is 61.9 Å². The summed E-state index contributed by atoms with van der Waals surface area (Å²) in [7, 11) is 0. The van der Waals surface area contributed by atoms with Gasteiger partial charge in [0.1, 0.15) is 0 Å². The molecule has 7 nitrogen and oxygen atoms in total. The van der Waals surface area contributed by atoms with Crippen molar-refractivity contribution in [3.8, 4) is 5.69 Å². The summed E-state index contributed by atoms with van der Waals surface area (Å²) in [6, 6.07) is 16.3. The van der Waals surface area contributed by atoms with Gasteiger partial charge in [-0.3, -0.25) is 9.59 Å². The molecule has 2 aromatic heterocycles. The number of amides is 2. The summed E-state index contributed by atoms with van der Waals surface area (Å²) in [6.45, 7) is 6.13. The number of nitrogens with zero attached hydrogens (tertiary/aromatic N) is 2. The summed E-state index contributed by atoms with van der Waals surface area (Å²) in [6.07, 6.45) is 1.66. The Bertz CT molecular complexity index is 1340. The van der Waals surface area contributed by atoms with Crippen LogP contribution < -0.4 is 10.6 Å². The predicted molar refractivity (Wildman–Crippen MR) is 131 cm³/mol. The Balaban J connectivity index is 1.39. The number of anilines is 1. The average Bonchev–Trinajstić information content (AvgIpc) is 3.45. The number of hydrogen-bond donors (Lipinski definition) is 2. The van der Waals surface area contributed by atoms with Crippen molar-refractivity contribution in [2.45, 2.75) is 33.7 Å². The molecule has 174 valence electrons. The van der Waals surface area contributed by atoms with Gasteiger partial charge in [0.25, 0.3) is 5.91 Å². The van der Waals surface area contributed by atoms with Gasteiger partial charge in [-0.2, -0.15) is 5.10 Å². The van der Waals surface area contributed by atoms with E-state index in [1.54, 1.807) is 18.2 Å². The second-order valence-corrected chi connectivity index (χ2v) is 8.49. The van der Waals surface area contributed by atoms with Crippen LogP contribution in [0.2, 0.25) is 5.02 Å². The molecule has 0 saturated heterocycles. The molecule has 0 fully saturated rings. The number of furan rings is 1. The number of carbonyl (C=O) groups excluding carboxylic acids is 2. The maximum Gasteiger partial charge on any atom is 0.291 e. The third-order valence-corrected chi connectivity index (χ3v) is 6.01. The molecule has 0 aliphatic rings. The van der Waals surface area contributed by atoms with Gasteiger partial charge in [0, 0.05) is 28.5 Å². The zero-order chi connectivity index (χ0) is 24.2. The lowest BCUT2D eigenvalue weighted by Crippen LogP contribution is -2.25. The Morgan fingerprint density at radius 3 is 2.62 bits per heavy atom. The van der Waals surface area contributed by atoms with Crippen LogP contribution in [0.5, 0.6) is 0 Å². The molecule has 0 atom stereocenters. The molecule has 0 spiro atoms. The summed E-state index contributed by atoms with van der Waals surface area (Å²) in [5, 5.41) is 11.0. The lowest BCUT2D eigenvalue weighted by atomic mass is 10.1. The number of hydrogen-bond acceptors (Lipinski definition) is 4. The molecule has 2 amide bonds. The molecule has 0 unspecified atom stereocenters. The van der Waals surface area contributed by atoms with Crippen LogP contribution in [0.25, 0.3) is 5.69 Å². The van der Waals surface area contributed by atoms with Gasteiger partial charge in [0.05, 0.1) is 24.1 Å². The second kappa shape index (κ2) is 9.97. The Morgan fingerprint density at radius 1 is 1.06 bits per heavy atom. The summed E-state index contributed by atoms with van der Waals surface area (Å²) in [5.41, 5.74) is 5.92. The first-order chi connectivity index (χ1) is 16.3. The highest BCUT2D eigenvalue weighted by Crippen LogP contribution is 2.23. The molecule has 0 radical (unpaired) electrons. The summed E-state index contributed by atoms with van der Waals surface area (Å²) >= 11 is 6.28. The lowest BCUT2D eigenvalue weighted by Gasteiger charge is -2.09. The lowest BCUT2D eigenvalue weighted by molar-refractivity contribution is -0.120. The van der Waals surface area contributed by atoms with E-state index < -0.39 is 0 Å². The number of halogens is 1. The van der Waals surface area contributed by atoms with E-state index in [0.717, 1.165) is 33.8 Å². The van der Waals surface area contributed by atoms with Gasteiger partial charge in [-0.25, -0.2) is 4.68 Å². The molecule has 0 aliphatic heterocycles. The average molecular weight is 477 g/mol. The van der Waals surface area contributed by atoms with Gasteiger partial charge < -0.3 is 15.1 Å². The number of carbonyl (C=O) groups is 2. The number of aryl methyl sites for hydroxylation is 2. The largest absolute Gasteiger partial charge is 0.459 e. The Morgan fingerprint density at radius 2 is 1.88 bits per heavy atom. The Kier molecular flexibility index (Phi) is 6.84. The van der Waals surface area contributed by atoms with E-state index in [1.165, 1.54) is 6.26 Å². The zero-order valence-corrected chi connectivity index (χ0v) is 19.9. The SMILES string of the molecule is Cc1ccc(-n2nc(C)c(CC(=O)NCc3cccc(NC(=O)c4ccco4)c3)c2C)cc1Cl. The summed E-state index contributed by atoms with van der Waals surface area (Å²) in [4.78, 5) is 24.9. The fourth-order valence-electron chi connectivity index (χ4n) is 3.68. The molecule has 2 heterocycles. The van der Waals surface area contributed by atoms with Crippen LogP contribution in [-0.2, 0) is 17.8 Å². The number of nitrogens with one attached hydrogen (secondary N) is 2. The summed E-state index contributed by atoms with van der Waals surface area (Å²) < 4.78 is 6.92. The molecule has 4 rings (SSSR count). The van der Waals surface area contributed by atoms with Gasteiger partial charge in [-0.05, 0) is 68.3 Å². The monoisotopic (exact) mass is 476 g/mol. The van der Waals surface area contributed by atoms with Crippen molar-refractivity contribution in [1.29, 1.82) is 0 Å². The molecule has 8 heteroatoms. The predicted octanol–water partition coefficient (Wildman–Crippen LogP) is 5.16. The molecule has 34 heavy (non-hydrogen) atoms. The highest BCUT2D eigenvalue weighted by Gasteiger charge is 2.16. The second-order valence-electron chi connectivity index (χ2n) is 8.08. The van der Waals surface area contributed by atoms with E-state index in [0.29, 0.717) is 17.3 Å². The third-order valence-electron chi connectivity index (χ3n) is 5.60. The van der Waals surface area contributed by atoms with Gasteiger partial charge in [0.2, 0.25) is 5.91 Å². The Hall–Kier alpha value is -3.84. The van der Waals surface area contributed by atoms with Crippen molar-refractivity contribution >= 4 is 29.1 Å². The van der Waals surface area contributed by atoms with E-state index in [2.05, 4.69) is 15.7 Å². The quantitative estimate of drug-likeness (QED) is 0.386. The van der Waals surface area contributed by atoms with Crippen molar-refractivity contribution in [3.05, 3.63) is 99.7 Å². The fraction of sp³-hybridized carbons (Fsp3) is 0.192. The molecule has 0 saturated carbocycles. The molecular formula is C26H25ClN4O3. The van der Waals surface area contributed by atoms with Crippen LogP contribution in [-0.4, -0.2) is 21.6 Å². The molecule has 2 N–H and O–H groups in total. The third kappa shape index (κ3) is 5.21. The first-order valence-electron chi connectivity index (χ1n) is 10.8. The molecule has 4 aromatic rings. The first-order valence-corrected chi connectivity index (χ1v) is 11.2. The van der Waals surface area contributed by atoms with Crippen molar-refractivity contribution in [2.24, 2.45) is 0 Å². The smallest absolute Gasteiger partial charge is 0.291 e. The minimum Gasteiger partial charge on any atom is -0.459 e. The number of rotatable bonds is 7.